The van der Waals surface area contributed by atoms with Gasteiger partial charge in [0.25, 0.3) is 5.91 Å². The molecule has 1 atom stereocenters. The predicted molar refractivity (Wildman–Crippen MR) is 87.6 cm³/mol. The monoisotopic (exact) mass is 341 g/mol. The summed E-state index contributed by atoms with van der Waals surface area (Å²) in [6.45, 7) is 1.81. The quantitative estimate of drug-likeness (QED) is 0.900. The van der Waals surface area contributed by atoms with Crippen LogP contribution in [-0.4, -0.2) is 30.2 Å². The molecule has 0 radical (unpaired) electrons. The highest BCUT2D eigenvalue weighted by Crippen LogP contribution is 2.22. The standard InChI is InChI=1S/C15H16ClN3O2.ClH/c16-11-5-3-10(4-6-11)14-8-13(19-21-14)15(20)18-12-2-1-7-17-9-12;/h3-6,8,12,17H,1-2,7,9H2,(H,18,20);1H. The van der Waals surface area contributed by atoms with Crippen LogP contribution >= 0.6 is 24.0 Å². The van der Waals surface area contributed by atoms with Crippen molar-refractivity contribution >= 4 is 29.9 Å². The first-order chi connectivity index (χ1) is 10.2. The van der Waals surface area contributed by atoms with Crippen molar-refractivity contribution < 1.29 is 9.32 Å². The number of amides is 1. The molecule has 0 saturated carbocycles. The molecule has 5 nitrogen and oxygen atoms in total. The Morgan fingerprint density at radius 1 is 1.36 bits per heavy atom. The van der Waals surface area contributed by atoms with Crippen molar-refractivity contribution in [3.05, 3.63) is 41.0 Å². The van der Waals surface area contributed by atoms with Crippen molar-refractivity contribution in [1.82, 2.24) is 15.8 Å². The number of aromatic nitrogens is 1. The molecule has 1 aliphatic rings. The Balaban J connectivity index is 0.00000176. The second-order valence-corrected chi connectivity index (χ2v) is 5.54. The number of carbonyl (C=O) groups excluding carboxylic acids is 1. The molecule has 1 fully saturated rings. The van der Waals surface area contributed by atoms with Crippen LogP contribution in [0.2, 0.25) is 5.02 Å². The van der Waals surface area contributed by atoms with Gasteiger partial charge in [0.05, 0.1) is 0 Å². The smallest absolute Gasteiger partial charge is 0.273 e. The number of hydrogen-bond donors (Lipinski definition) is 2. The summed E-state index contributed by atoms with van der Waals surface area (Å²) in [5.74, 6) is 0.353. The first-order valence-electron chi connectivity index (χ1n) is 6.96. The molecule has 1 saturated heterocycles. The molecule has 2 aromatic rings. The maximum absolute atomic E-state index is 12.1. The van der Waals surface area contributed by atoms with Crippen LogP contribution in [0.25, 0.3) is 11.3 Å². The molecule has 0 spiro atoms. The van der Waals surface area contributed by atoms with Gasteiger partial charge in [-0.1, -0.05) is 16.8 Å². The summed E-state index contributed by atoms with van der Waals surface area (Å²) in [4.78, 5) is 12.1. The molecular formula is C15H17Cl2N3O2. The van der Waals surface area contributed by atoms with Crippen LogP contribution in [-0.2, 0) is 0 Å². The molecule has 2 N–H and O–H groups in total. The normalized spacial score (nSPS) is 17.6. The molecule has 7 heteroatoms. The SMILES string of the molecule is Cl.O=C(NC1CCCNC1)c1cc(-c2ccc(Cl)cc2)on1. The highest BCUT2D eigenvalue weighted by Gasteiger charge is 2.19. The van der Waals surface area contributed by atoms with E-state index in [1.165, 1.54) is 0 Å². The number of hydrogen-bond acceptors (Lipinski definition) is 4. The summed E-state index contributed by atoms with van der Waals surface area (Å²) in [6, 6.07) is 9.00. The minimum atomic E-state index is -0.201. The lowest BCUT2D eigenvalue weighted by Gasteiger charge is -2.23. The molecular weight excluding hydrogens is 325 g/mol. The van der Waals surface area contributed by atoms with E-state index in [-0.39, 0.29) is 24.4 Å². The van der Waals surface area contributed by atoms with Crippen molar-refractivity contribution in [2.24, 2.45) is 0 Å². The molecule has 22 heavy (non-hydrogen) atoms. The number of halogens is 2. The molecule has 2 heterocycles. The number of benzene rings is 1. The van der Waals surface area contributed by atoms with Gasteiger partial charge in [-0.15, -0.1) is 12.4 Å². The van der Waals surface area contributed by atoms with Gasteiger partial charge in [-0.25, -0.2) is 0 Å². The average molecular weight is 342 g/mol. The van der Waals surface area contributed by atoms with Crippen molar-refractivity contribution in [2.75, 3.05) is 13.1 Å². The molecule has 1 unspecified atom stereocenters. The second kappa shape index (κ2) is 7.63. The van der Waals surface area contributed by atoms with Crippen LogP contribution < -0.4 is 10.6 Å². The van der Waals surface area contributed by atoms with Gasteiger partial charge in [0.2, 0.25) is 0 Å². The third-order valence-electron chi connectivity index (χ3n) is 3.50. The molecule has 118 valence electrons. The van der Waals surface area contributed by atoms with E-state index in [0.29, 0.717) is 16.5 Å². The summed E-state index contributed by atoms with van der Waals surface area (Å²) < 4.78 is 5.23. The number of nitrogens with one attached hydrogen (secondary N) is 2. The molecule has 1 amide bonds. The Morgan fingerprint density at radius 2 is 2.14 bits per heavy atom. The molecule has 1 aromatic carbocycles. The van der Waals surface area contributed by atoms with E-state index in [1.807, 2.05) is 12.1 Å². The third-order valence-corrected chi connectivity index (χ3v) is 3.76. The Labute approximate surface area is 139 Å². The molecule has 0 aliphatic carbocycles. The van der Waals surface area contributed by atoms with Gasteiger partial charge in [0, 0.05) is 29.2 Å². The molecule has 1 aliphatic heterocycles. The summed E-state index contributed by atoms with van der Waals surface area (Å²) >= 11 is 5.85. The van der Waals surface area contributed by atoms with E-state index in [0.717, 1.165) is 31.5 Å². The maximum Gasteiger partial charge on any atom is 0.273 e. The van der Waals surface area contributed by atoms with Crippen molar-refractivity contribution in [2.45, 2.75) is 18.9 Å². The minimum Gasteiger partial charge on any atom is -0.355 e. The number of piperidine rings is 1. The van der Waals surface area contributed by atoms with Crippen molar-refractivity contribution in [3.63, 3.8) is 0 Å². The fourth-order valence-corrected chi connectivity index (χ4v) is 2.49. The molecule has 3 rings (SSSR count). The van der Waals surface area contributed by atoms with Gasteiger partial charge < -0.3 is 15.2 Å². The number of rotatable bonds is 3. The first-order valence-corrected chi connectivity index (χ1v) is 7.34. The van der Waals surface area contributed by atoms with Gasteiger partial charge in [0.1, 0.15) is 0 Å². The lowest BCUT2D eigenvalue weighted by Crippen LogP contribution is -2.45. The van der Waals surface area contributed by atoms with E-state index in [9.17, 15) is 4.79 Å². The highest BCUT2D eigenvalue weighted by molar-refractivity contribution is 6.30. The van der Waals surface area contributed by atoms with E-state index < -0.39 is 0 Å². The topological polar surface area (TPSA) is 67.2 Å². The lowest BCUT2D eigenvalue weighted by atomic mass is 10.1. The van der Waals surface area contributed by atoms with Crippen LogP contribution in [0, 0.1) is 0 Å². The Morgan fingerprint density at radius 3 is 2.82 bits per heavy atom. The summed E-state index contributed by atoms with van der Waals surface area (Å²) in [7, 11) is 0. The van der Waals surface area contributed by atoms with Crippen LogP contribution in [0.5, 0.6) is 0 Å². The van der Waals surface area contributed by atoms with E-state index >= 15 is 0 Å². The fourth-order valence-electron chi connectivity index (χ4n) is 2.37. The third kappa shape index (κ3) is 4.00. The van der Waals surface area contributed by atoms with Crippen LogP contribution in [0.4, 0.5) is 0 Å². The number of carbonyl (C=O) groups is 1. The van der Waals surface area contributed by atoms with Crippen molar-refractivity contribution in [1.29, 1.82) is 0 Å². The zero-order valence-electron chi connectivity index (χ0n) is 11.8. The van der Waals surface area contributed by atoms with Gasteiger partial charge >= 0.3 is 0 Å². The van der Waals surface area contributed by atoms with E-state index in [2.05, 4.69) is 15.8 Å². The predicted octanol–water partition coefficient (Wildman–Crippen LogP) is 2.90. The second-order valence-electron chi connectivity index (χ2n) is 5.10. The maximum atomic E-state index is 12.1. The average Bonchev–Trinajstić information content (AvgIpc) is 2.99. The van der Waals surface area contributed by atoms with E-state index in [4.69, 9.17) is 16.1 Å². The van der Waals surface area contributed by atoms with Crippen LogP contribution in [0.1, 0.15) is 23.3 Å². The Hall–Kier alpha value is -1.56. The van der Waals surface area contributed by atoms with Gasteiger partial charge in [-0.05, 0) is 43.7 Å². The summed E-state index contributed by atoms with van der Waals surface area (Å²) in [5, 5.41) is 10.7. The minimum absolute atomic E-state index is 0. The first kappa shape index (κ1) is 16.8. The molecule has 1 aromatic heterocycles. The highest BCUT2D eigenvalue weighted by atomic mass is 35.5. The zero-order chi connectivity index (χ0) is 14.7. The molecule has 0 bridgehead atoms. The Bertz CT molecular complexity index is 622. The van der Waals surface area contributed by atoms with Gasteiger partial charge in [-0.3, -0.25) is 4.79 Å². The lowest BCUT2D eigenvalue weighted by molar-refractivity contribution is 0.0921. The fraction of sp³-hybridized carbons (Fsp3) is 0.333. The van der Waals surface area contributed by atoms with Crippen LogP contribution in [0.15, 0.2) is 34.9 Å². The van der Waals surface area contributed by atoms with E-state index in [1.54, 1.807) is 18.2 Å². The Kier molecular flexibility index (Phi) is 5.83. The zero-order valence-corrected chi connectivity index (χ0v) is 13.4. The van der Waals surface area contributed by atoms with Crippen LogP contribution in [0.3, 0.4) is 0 Å². The number of nitrogens with zero attached hydrogens (tertiary/aromatic N) is 1. The van der Waals surface area contributed by atoms with Gasteiger partial charge in [0.15, 0.2) is 11.5 Å². The summed E-state index contributed by atoms with van der Waals surface area (Å²) in [6.07, 6.45) is 2.06. The largest absolute Gasteiger partial charge is 0.355 e. The van der Waals surface area contributed by atoms with Gasteiger partial charge in [-0.2, -0.15) is 0 Å². The summed E-state index contributed by atoms with van der Waals surface area (Å²) in [5.41, 5.74) is 1.14. The van der Waals surface area contributed by atoms with Crippen molar-refractivity contribution in [3.8, 4) is 11.3 Å².